The zero-order valence-corrected chi connectivity index (χ0v) is 11.5. The third-order valence-corrected chi connectivity index (χ3v) is 3.88. The van der Waals surface area contributed by atoms with Gasteiger partial charge in [-0.05, 0) is 40.7 Å². The Kier molecular flexibility index (Phi) is 6.32. The van der Waals surface area contributed by atoms with E-state index in [1.807, 2.05) is 7.05 Å². The Bertz CT molecular complexity index is 307. The van der Waals surface area contributed by atoms with Crippen molar-refractivity contribution in [1.29, 1.82) is 0 Å². The Morgan fingerprint density at radius 2 is 2.27 bits per heavy atom. The minimum atomic E-state index is 0.787. The maximum absolute atomic E-state index is 5.02. The lowest BCUT2D eigenvalue weighted by Crippen LogP contribution is -2.04. The van der Waals surface area contributed by atoms with Crippen molar-refractivity contribution in [1.82, 2.24) is 5.32 Å². The van der Waals surface area contributed by atoms with Gasteiger partial charge in [-0.3, -0.25) is 0 Å². The van der Waals surface area contributed by atoms with Gasteiger partial charge in [-0.1, -0.05) is 6.07 Å². The Morgan fingerprint density at radius 1 is 1.47 bits per heavy atom. The van der Waals surface area contributed by atoms with Crippen molar-refractivity contribution in [2.24, 2.45) is 0 Å². The van der Waals surface area contributed by atoms with Crippen molar-refractivity contribution in [2.45, 2.75) is 11.4 Å². The third-order valence-electron chi connectivity index (χ3n) is 1.92. The topological polar surface area (TPSA) is 21.3 Å². The zero-order valence-electron chi connectivity index (χ0n) is 9.05. The number of methoxy groups -OCH3 is 1. The molecule has 0 atom stereocenters. The molecule has 0 radical (unpaired) electrons. The Morgan fingerprint density at radius 3 is 2.87 bits per heavy atom. The molecule has 0 saturated carbocycles. The first kappa shape index (κ1) is 13.0. The summed E-state index contributed by atoms with van der Waals surface area (Å²) in [5.41, 5.74) is 1.29. The highest BCUT2D eigenvalue weighted by Gasteiger charge is 2.01. The van der Waals surface area contributed by atoms with E-state index in [0.717, 1.165) is 23.4 Å². The molecule has 1 N–H and O–H groups in total. The molecule has 0 heterocycles. The molecule has 2 nitrogen and oxygen atoms in total. The lowest BCUT2D eigenvalue weighted by molar-refractivity contribution is 0.218. The molecular weight excluding hydrogens is 274 g/mol. The predicted molar refractivity (Wildman–Crippen MR) is 69.5 cm³/mol. The van der Waals surface area contributed by atoms with Gasteiger partial charge in [-0.2, -0.15) is 0 Å². The summed E-state index contributed by atoms with van der Waals surface area (Å²) in [5.74, 6) is 0.987. The number of thioether (sulfide) groups is 1. The smallest absolute Gasteiger partial charge is 0.0556 e. The fourth-order valence-electron chi connectivity index (χ4n) is 1.21. The average Bonchev–Trinajstić information content (AvgIpc) is 2.22. The molecule has 4 heteroatoms. The highest BCUT2D eigenvalue weighted by Crippen LogP contribution is 2.28. The zero-order chi connectivity index (χ0) is 11.1. The molecule has 0 bridgehead atoms. The maximum Gasteiger partial charge on any atom is 0.0556 e. The molecular formula is C11H16BrNOS. The highest BCUT2D eigenvalue weighted by atomic mass is 79.9. The van der Waals surface area contributed by atoms with Gasteiger partial charge in [0.2, 0.25) is 0 Å². The monoisotopic (exact) mass is 289 g/mol. The van der Waals surface area contributed by atoms with Gasteiger partial charge < -0.3 is 10.1 Å². The van der Waals surface area contributed by atoms with Crippen LogP contribution in [0.3, 0.4) is 0 Å². The molecule has 15 heavy (non-hydrogen) atoms. The average molecular weight is 290 g/mol. The normalized spacial score (nSPS) is 10.6. The standard InChI is InChI=1S/C11H16BrNOS/c1-13-8-9-3-4-11(10(12)7-9)15-6-5-14-2/h3-4,7,13H,5-6,8H2,1-2H3. The van der Waals surface area contributed by atoms with E-state index in [9.17, 15) is 0 Å². The van der Waals surface area contributed by atoms with E-state index < -0.39 is 0 Å². The second-order valence-corrected chi connectivity index (χ2v) is 5.13. The summed E-state index contributed by atoms with van der Waals surface area (Å²) in [7, 11) is 3.68. The van der Waals surface area contributed by atoms with Gasteiger partial charge >= 0.3 is 0 Å². The molecule has 0 saturated heterocycles. The predicted octanol–water partition coefficient (Wildman–Crippen LogP) is 2.91. The summed E-state index contributed by atoms with van der Waals surface area (Å²) < 4.78 is 6.18. The lowest BCUT2D eigenvalue weighted by Gasteiger charge is -2.06. The number of halogens is 1. The van der Waals surface area contributed by atoms with Crippen LogP contribution in [-0.4, -0.2) is 26.5 Å². The molecule has 0 fully saturated rings. The summed E-state index contributed by atoms with van der Waals surface area (Å²) in [4.78, 5) is 1.27. The summed E-state index contributed by atoms with van der Waals surface area (Å²) >= 11 is 5.39. The van der Waals surface area contributed by atoms with Crippen LogP contribution in [0.15, 0.2) is 27.6 Å². The van der Waals surface area contributed by atoms with Crippen LogP contribution < -0.4 is 5.32 Å². The van der Waals surface area contributed by atoms with Crippen LogP contribution in [0.4, 0.5) is 0 Å². The number of nitrogens with one attached hydrogen (secondary N) is 1. The van der Waals surface area contributed by atoms with Crippen molar-refractivity contribution in [3.63, 3.8) is 0 Å². The fourth-order valence-corrected chi connectivity index (χ4v) is 2.81. The van der Waals surface area contributed by atoms with E-state index in [2.05, 4.69) is 39.4 Å². The van der Waals surface area contributed by atoms with Crippen molar-refractivity contribution in [3.8, 4) is 0 Å². The third kappa shape index (κ3) is 4.55. The first-order valence-electron chi connectivity index (χ1n) is 4.82. The summed E-state index contributed by atoms with van der Waals surface area (Å²) in [5, 5.41) is 3.14. The number of benzene rings is 1. The molecule has 0 aliphatic carbocycles. The van der Waals surface area contributed by atoms with E-state index in [1.54, 1.807) is 18.9 Å². The van der Waals surface area contributed by atoms with Gasteiger partial charge in [0.05, 0.1) is 6.61 Å². The molecule has 1 aromatic rings. The molecule has 0 spiro atoms. The van der Waals surface area contributed by atoms with Gasteiger partial charge in [0.15, 0.2) is 0 Å². The largest absolute Gasteiger partial charge is 0.384 e. The first-order chi connectivity index (χ1) is 7.27. The van der Waals surface area contributed by atoms with Crippen LogP contribution in [0.5, 0.6) is 0 Å². The van der Waals surface area contributed by atoms with Gasteiger partial charge in [0.1, 0.15) is 0 Å². The number of rotatable bonds is 6. The van der Waals surface area contributed by atoms with Crippen LogP contribution in [0.25, 0.3) is 0 Å². The molecule has 84 valence electrons. The van der Waals surface area contributed by atoms with E-state index in [0.29, 0.717) is 0 Å². The highest BCUT2D eigenvalue weighted by molar-refractivity contribution is 9.10. The second kappa shape index (κ2) is 7.28. The van der Waals surface area contributed by atoms with Crippen LogP contribution in [-0.2, 0) is 11.3 Å². The fraction of sp³-hybridized carbons (Fsp3) is 0.455. The minimum absolute atomic E-state index is 0.787. The Balaban J connectivity index is 2.58. The van der Waals surface area contributed by atoms with Gasteiger partial charge in [0, 0.05) is 28.8 Å². The van der Waals surface area contributed by atoms with E-state index in [4.69, 9.17) is 4.74 Å². The molecule has 1 aromatic carbocycles. The van der Waals surface area contributed by atoms with Crippen molar-refractivity contribution < 1.29 is 4.74 Å². The maximum atomic E-state index is 5.02. The van der Waals surface area contributed by atoms with Crippen LogP contribution in [0.1, 0.15) is 5.56 Å². The molecule has 0 aliphatic rings. The van der Waals surface area contributed by atoms with Crippen molar-refractivity contribution in [3.05, 3.63) is 28.2 Å². The van der Waals surface area contributed by atoms with E-state index in [1.165, 1.54) is 10.5 Å². The first-order valence-corrected chi connectivity index (χ1v) is 6.60. The molecule has 0 unspecified atom stereocenters. The van der Waals surface area contributed by atoms with Crippen LogP contribution >= 0.6 is 27.7 Å². The summed E-state index contributed by atoms with van der Waals surface area (Å²) in [6.45, 7) is 1.69. The Hall–Kier alpha value is -0.0300. The summed E-state index contributed by atoms with van der Waals surface area (Å²) in [6, 6.07) is 6.46. The second-order valence-electron chi connectivity index (χ2n) is 3.14. The lowest BCUT2D eigenvalue weighted by atomic mass is 10.2. The molecule has 0 aromatic heterocycles. The Labute approximate surface area is 104 Å². The van der Waals surface area contributed by atoms with E-state index in [-0.39, 0.29) is 0 Å². The van der Waals surface area contributed by atoms with Crippen molar-refractivity contribution >= 4 is 27.7 Å². The van der Waals surface area contributed by atoms with E-state index >= 15 is 0 Å². The van der Waals surface area contributed by atoms with Crippen LogP contribution in [0, 0.1) is 0 Å². The number of hydrogen-bond acceptors (Lipinski definition) is 3. The summed E-state index contributed by atoms with van der Waals surface area (Å²) in [6.07, 6.45) is 0. The molecule has 0 amide bonds. The minimum Gasteiger partial charge on any atom is -0.384 e. The molecule has 0 aliphatic heterocycles. The SMILES string of the molecule is CNCc1ccc(SCCOC)c(Br)c1. The quantitative estimate of drug-likeness (QED) is 0.643. The van der Waals surface area contributed by atoms with Gasteiger partial charge in [-0.25, -0.2) is 0 Å². The molecule has 1 rings (SSSR count). The number of ether oxygens (including phenoxy) is 1. The van der Waals surface area contributed by atoms with Gasteiger partial charge in [-0.15, -0.1) is 11.8 Å². The van der Waals surface area contributed by atoms with Crippen LogP contribution in [0.2, 0.25) is 0 Å². The van der Waals surface area contributed by atoms with Gasteiger partial charge in [0.25, 0.3) is 0 Å². The number of hydrogen-bond donors (Lipinski definition) is 1. The van der Waals surface area contributed by atoms with Crippen molar-refractivity contribution in [2.75, 3.05) is 26.5 Å².